The predicted octanol–water partition coefficient (Wildman–Crippen LogP) is 4.14. The average Bonchev–Trinajstić information content (AvgIpc) is 2.36. The Morgan fingerprint density at radius 3 is 2.58 bits per heavy atom. The summed E-state index contributed by atoms with van der Waals surface area (Å²) in [5, 5.41) is 3.63. The minimum atomic E-state index is 0.647. The van der Waals surface area contributed by atoms with E-state index < -0.39 is 0 Å². The van der Waals surface area contributed by atoms with Crippen molar-refractivity contribution in [1.82, 2.24) is 5.32 Å². The van der Waals surface area contributed by atoms with Crippen molar-refractivity contribution in [2.45, 2.75) is 58.5 Å². The number of hydrogen-bond donors (Lipinski definition) is 1. The van der Waals surface area contributed by atoms with Crippen molar-refractivity contribution in [3.63, 3.8) is 0 Å². The van der Waals surface area contributed by atoms with E-state index in [9.17, 15) is 0 Å². The van der Waals surface area contributed by atoms with Crippen molar-refractivity contribution < 1.29 is 4.74 Å². The van der Waals surface area contributed by atoms with Gasteiger partial charge >= 0.3 is 0 Å². The predicted molar refractivity (Wildman–Crippen MR) is 80.5 cm³/mol. The average molecular weight is 261 g/mol. The fraction of sp³-hybridized carbons (Fsp3) is 0.647. The summed E-state index contributed by atoms with van der Waals surface area (Å²) in [4.78, 5) is 0. The molecular weight excluding hydrogens is 234 g/mol. The van der Waals surface area contributed by atoms with Gasteiger partial charge in [-0.05, 0) is 49.8 Å². The topological polar surface area (TPSA) is 21.3 Å². The van der Waals surface area contributed by atoms with Gasteiger partial charge in [0.1, 0.15) is 5.75 Å². The number of hydrogen-bond acceptors (Lipinski definition) is 2. The molecule has 0 aromatic heterocycles. The summed E-state index contributed by atoms with van der Waals surface area (Å²) in [6.07, 6.45) is 6.53. The highest BCUT2D eigenvalue weighted by molar-refractivity contribution is 5.27. The smallest absolute Gasteiger partial charge is 0.119 e. The van der Waals surface area contributed by atoms with Crippen LogP contribution in [-0.2, 0) is 6.54 Å². The Labute approximate surface area is 117 Å². The van der Waals surface area contributed by atoms with Gasteiger partial charge < -0.3 is 10.1 Å². The highest BCUT2D eigenvalue weighted by Gasteiger charge is 2.23. The number of ether oxygens (including phenoxy) is 1. The number of benzene rings is 1. The van der Waals surface area contributed by atoms with E-state index in [4.69, 9.17) is 4.74 Å². The minimum absolute atomic E-state index is 0.647. The molecule has 106 valence electrons. The summed E-state index contributed by atoms with van der Waals surface area (Å²) in [5.41, 5.74) is 1.34. The molecule has 0 spiro atoms. The lowest BCUT2D eigenvalue weighted by atomic mass is 9.80. The van der Waals surface area contributed by atoms with Crippen LogP contribution in [-0.4, -0.2) is 12.6 Å². The summed E-state index contributed by atoms with van der Waals surface area (Å²) in [7, 11) is 0. The molecule has 19 heavy (non-hydrogen) atoms. The molecule has 1 atom stereocenters. The van der Waals surface area contributed by atoms with Gasteiger partial charge in [0, 0.05) is 12.6 Å². The van der Waals surface area contributed by atoms with Crippen molar-refractivity contribution in [3.05, 3.63) is 29.8 Å². The quantitative estimate of drug-likeness (QED) is 0.710. The third-order valence-corrected chi connectivity index (χ3v) is 4.18. The third kappa shape index (κ3) is 4.54. The Morgan fingerprint density at radius 1 is 1.26 bits per heavy atom. The Hall–Kier alpha value is -1.02. The van der Waals surface area contributed by atoms with Gasteiger partial charge in [0.15, 0.2) is 0 Å². The molecule has 0 aliphatic heterocycles. The van der Waals surface area contributed by atoms with Crippen LogP contribution in [0.3, 0.4) is 0 Å². The maximum Gasteiger partial charge on any atom is 0.119 e. The second kappa shape index (κ2) is 7.54. The minimum Gasteiger partial charge on any atom is -0.494 e. The summed E-state index contributed by atoms with van der Waals surface area (Å²) in [6.45, 7) is 6.28. The molecule has 1 aromatic rings. The zero-order valence-corrected chi connectivity index (χ0v) is 12.3. The maximum absolute atomic E-state index is 5.67. The van der Waals surface area contributed by atoms with Gasteiger partial charge in [-0.25, -0.2) is 0 Å². The van der Waals surface area contributed by atoms with Gasteiger partial charge in [-0.3, -0.25) is 0 Å². The Morgan fingerprint density at radius 2 is 2.00 bits per heavy atom. The lowest BCUT2D eigenvalue weighted by molar-refractivity contribution is 0.240. The van der Waals surface area contributed by atoms with Gasteiger partial charge in [0.2, 0.25) is 0 Å². The monoisotopic (exact) mass is 261 g/mol. The molecule has 1 aromatic carbocycles. The first-order valence-electron chi connectivity index (χ1n) is 7.74. The van der Waals surface area contributed by atoms with Crippen LogP contribution in [0.25, 0.3) is 0 Å². The molecule has 1 aliphatic carbocycles. The van der Waals surface area contributed by atoms with Crippen LogP contribution in [0, 0.1) is 5.92 Å². The summed E-state index contributed by atoms with van der Waals surface area (Å²) in [5.74, 6) is 1.89. The number of nitrogens with one attached hydrogen (secondary N) is 1. The van der Waals surface area contributed by atoms with E-state index >= 15 is 0 Å². The third-order valence-electron chi connectivity index (χ3n) is 4.18. The van der Waals surface area contributed by atoms with Gasteiger partial charge in [-0.1, -0.05) is 31.9 Å². The lowest BCUT2D eigenvalue weighted by Gasteiger charge is -2.32. The van der Waals surface area contributed by atoms with Crippen LogP contribution in [0.5, 0.6) is 5.75 Å². The van der Waals surface area contributed by atoms with E-state index in [1.807, 2.05) is 0 Å². The summed E-state index contributed by atoms with van der Waals surface area (Å²) < 4.78 is 5.67. The van der Waals surface area contributed by atoms with Crippen molar-refractivity contribution in [2.24, 2.45) is 5.92 Å². The first kappa shape index (κ1) is 14.4. The van der Waals surface area contributed by atoms with E-state index in [0.717, 1.165) is 31.2 Å². The summed E-state index contributed by atoms with van der Waals surface area (Å²) >= 11 is 0. The van der Waals surface area contributed by atoms with E-state index in [0.29, 0.717) is 6.04 Å². The van der Waals surface area contributed by atoms with Crippen LogP contribution in [0.15, 0.2) is 24.3 Å². The molecule has 2 heteroatoms. The molecule has 1 aliphatic rings. The lowest BCUT2D eigenvalue weighted by Crippen LogP contribution is -2.36. The van der Waals surface area contributed by atoms with Gasteiger partial charge in [0.25, 0.3) is 0 Å². The van der Waals surface area contributed by atoms with Crippen LogP contribution >= 0.6 is 0 Å². The molecule has 0 radical (unpaired) electrons. The Kier molecular flexibility index (Phi) is 5.71. The number of unbranched alkanes of at least 4 members (excludes halogenated alkanes) is 1. The van der Waals surface area contributed by atoms with Gasteiger partial charge in [-0.2, -0.15) is 0 Å². The highest BCUT2D eigenvalue weighted by atomic mass is 16.5. The fourth-order valence-electron chi connectivity index (χ4n) is 2.42. The zero-order valence-electron chi connectivity index (χ0n) is 12.3. The highest BCUT2D eigenvalue weighted by Crippen LogP contribution is 2.29. The van der Waals surface area contributed by atoms with Crippen molar-refractivity contribution in [3.8, 4) is 5.75 Å². The van der Waals surface area contributed by atoms with Crippen molar-refractivity contribution >= 4 is 0 Å². The molecular formula is C17H27NO. The molecule has 0 heterocycles. The zero-order chi connectivity index (χ0) is 13.5. The van der Waals surface area contributed by atoms with Gasteiger partial charge in [0.05, 0.1) is 6.61 Å². The fourth-order valence-corrected chi connectivity index (χ4v) is 2.42. The number of rotatable bonds is 8. The molecule has 1 unspecified atom stereocenters. The molecule has 0 bridgehead atoms. The molecule has 1 N–H and O–H groups in total. The van der Waals surface area contributed by atoms with E-state index in [1.165, 1.54) is 31.2 Å². The Balaban J connectivity index is 1.71. The van der Waals surface area contributed by atoms with Crippen LogP contribution in [0.1, 0.15) is 51.5 Å². The van der Waals surface area contributed by atoms with Crippen molar-refractivity contribution in [2.75, 3.05) is 6.61 Å². The van der Waals surface area contributed by atoms with Crippen LogP contribution < -0.4 is 10.1 Å². The summed E-state index contributed by atoms with van der Waals surface area (Å²) in [6, 6.07) is 9.15. The normalized spacial score (nSPS) is 16.9. The largest absolute Gasteiger partial charge is 0.494 e. The molecule has 0 amide bonds. The van der Waals surface area contributed by atoms with Crippen LogP contribution in [0.2, 0.25) is 0 Å². The van der Waals surface area contributed by atoms with E-state index in [1.54, 1.807) is 0 Å². The molecule has 1 saturated carbocycles. The van der Waals surface area contributed by atoms with E-state index in [2.05, 4.69) is 43.4 Å². The maximum atomic E-state index is 5.67. The second-order valence-corrected chi connectivity index (χ2v) is 5.71. The second-order valence-electron chi connectivity index (χ2n) is 5.71. The van der Waals surface area contributed by atoms with E-state index in [-0.39, 0.29) is 0 Å². The molecule has 0 saturated heterocycles. The molecule has 2 nitrogen and oxygen atoms in total. The molecule has 2 rings (SSSR count). The first-order valence-corrected chi connectivity index (χ1v) is 7.74. The van der Waals surface area contributed by atoms with Gasteiger partial charge in [-0.15, -0.1) is 0 Å². The van der Waals surface area contributed by atoms with Crippen LogP contribution in [0.4, 0.5) is 0 Å². The Bertz CT molecular complexity index is 356. The first-order chi connectivity index (χ1) is 9.29. The SMILES string of the molecule is CCCCOc1ccc(CNC(C)C2CCC2)cc1. The standard InChI is InChI=1S/C17H27NO/c1-3-4-12-19-17-10-8-15(9-11-17)13-18-14(2)16-6-5-7-16/h8-11,14,16,18H,3-7,12-13H2,1-2H3. The molecule has 1 fully saturated rings. The van der Waals surface area contributed by atoms with Crippen molar-refractivity contribution in [1.29, 1.82) is 0 Å².